The summed E-state index contributed by atoms with van der Waals surface area (Å²) in [7, 11) is 3.30. The van der Waals surface area contributed by atoms with Gasteiger partial charge in [-0.05, 0) is 37.8 Å². The summed E-state index contributed by atoms with van der Waals surface area (Å²) in [5.74, 6) is 1.58. The van der Waals surface area contributed by atoms with E-state index >= 15 is 0 Å². The number of hydrogen-bond donors (Lipinski definition) is 2. The van der Waals surface area contributed by atoms with Gasteiger partial charge in [0.2, 0.25) is 0 Å². The summed E-state index contributed by atoms with van der Waals surface area (Å²) in [6.07, 6.45) is 0.242. The highest BCUT2D eigenvalue weighted by atomic mass is 32.1. The molecule has 0 radical (unpaired) electrons. The van der Waals surface area contributed by atoms with Gasteiger partial charge in [-0.2, -0.15) is 0 Å². The van der Waals surface area contributed by atoms with Gasteiger partial charge in [0, 0.05) is 28.6 Å². The predicted octanol–water partition coefficient (Wildman–Crippen LogP) is 3.93. The first-order chi connectivity index (χ1) is 11.0. The molecule has 3 unspecified atom stereocenters. The Kier molecular flexibility index (Phi) is 6.45. The smallest absolute Gasteiger partial charge is 0.127 e. The van der Waals surface area contributed by atoms with Gasteiger partial charge in [0.05, 0.1) is 20.3 Å². The van der Waals surface area contributed by atoms with Crippen LogP contribution in [-0.2, 0) is 0 Å². The van der Waals surface area contributed by atoms with Gasteiger partial charge in [0.25, 0.3) is 0 Å². The number of aliphatic hydroxyl groups is 1. The van der Waals surface area contributed by atoms with Crippen molar-refractivity contribution in [3.05, 3.63) is 46.2 Å². The van der Waals surface area contributed by atoms with E-state index in [2.05, 4.69) is 19.2 Å². The van der Waals surface area contributed by atoms with Crippen LogP contribution in [0.25, 0.3) is 0 Å². The number of methoxy groups -OCH3 is 2. The van der Waals surface area contributed by atoms with Crippen molar-refractivity contribution in [1.82, 2.24) is 5.32 Å². The first kappa shape index (κ1) is 17.8. The number of rotatable bonds is 8. The fourth-order valence-electron chi connectivity index (χ4n) is 2.69. The summed E-state index contributed by atoms with van der Waals surface area (Å²) < 4.78 is 10.7. The minimum absolute atomic E-state index is 0.112. The van der Waals surface area contributed by atoms with Crippen molar-refractivity contribution >= 4 is 11.3 Å². The van der Waals surface area contributed by atoms with Crippen LogP contribution in [0.4, 0.5) is 0 Å². The molecule has 1 aromatic carbocycles. The highest BCUT2D eigenvalue weighted by molar-refractivity contribution is 7.10. The zero-order valence-electron chi connectivity index (χ0n) is 14.1. The highest BCUT2D eigenvalue weighted by Gasteiger charge is 2.18. The fourth-order valence-corrected chi connectivity index (χ4v) is 3.42. The standard InChI is InChI=1S/C18H25NO3S/c1-12(10-16(20)18-6-5-9-23-18)19-13(2)15-8-7-14(21-3)11-17(15)22-4/h5-9,11-13,16,19-20H,10H2,1-4H3. The van der Waals surface area contributed by atoms with Crippen LogP contribution in [0.1, 0.15) is 42.9 Å². The van der Waals surface area contributed by atoms with Gasteiger partial charge < -0.3 is 19.9 Å². The molecule has 2 rings (SSSR count). The van der Waals surface area contributed by atoms with Crippen LogP contribution in [-0.4, -0.2) is 25.4 Å². The number of nitrogens with one attached hydrogen (secondary N) is 1. The van der Waals surface area contributed by atoms with E-state index in [1.165, 1.54) is 0 Å². The van der Waals surface area contributed by atoms with Gasteiger partial charge in [-0.3, -0.25) is 0 Å². The molecule has 0 aliphatic heterocycles. The van der Waals surface area contributed by atoms with E-state index in [0.29, 0.717) is 6.42 Å². The normalized spacial score (nSPS) is 15.0. The Morgan fingerprint density at radius 2 is 1.96 bits per heavy atom. The maximum atomic E-state index is 10.3. The minimum atomic E-state index is -0.428. The average molecular weight is 335 g/mol. The van der Waals surface area contributed by atoms with Crippen molar-refractivity contribution in [2.24, 2.45) is 0 Å². The van der Waals surface area contributed by atoms with Crippen LogP contribution in [0.5, 0.6) is 11.5 Å². The third-order valence-corrected chi connectivity index (χ3v) is 4.86. The van der Waals surface area contributed by atoms with Crippen molar-refractivity contribution < 1.29 is 14.6 Å². The van der Waals surface area contributed by atoms with E-state index < -0.39 is 6.10 Å². The van der Waals surface area contributed by atoms with Crippen molar-refractivity contribution in [3.8, 4) is 11.5 Å². The Morgan fingerprint density at radius 3 is 2.57 bits per heavy atom. The Labute approximate surface area is 142 Å². The van der Waals surface area contributed by atoms with Crippen LogP contribution < -0.4 is 14.8 Å². The number of ether oxygens (including phenoxy) is 2. The molecule has 0 aliphatic carbocycles. The molecule has 4 nitrogen and oxygen atoms in total. The molecule has 3 atom stereocenters. The molecule has 0 bridgehead atoms. The Bertz CT molecular complexity index is 600. The lowest BCUT2D eigenvalue weighted by Crippen LogP contribution is -2.30. The second-order valence-electron chi connectivity index (χ2n) is 5.66. The summed E-state index contributed by atoms with van der Waals surface area (Å²) in [4.78, 5) is 1.01. The van der Waals surface area contributed by atoms with Crippen LogP contribution in [0, 0.1) is 0 Å². The van der Waals surface area contributed by atoms with E-state index in [1.54, 1.807) is 25.6 Å². The molecule has 5 heteroatoms. The van der Waals surface area contributed by atoms with E-state index in [0.717, 1.165) is 21.9 Å². The molecule has 126 valence electrons. The Balaban J connectivity index is 1.99. The van der Waals surface area contributed by atoms with Crippen LogP contribution in [0.2, 0.25) is 0 Å². The molecule has 0 fully saturated rings. The summed E-state index contributed by atoms with van der Waals surface area (Å²) in [5, 5.41) is 15.8. The zero-order chi connectivity index (χ0) is 16.8. The first-order valence-corrected chi connectivity index (χ1v) is 8.62. The van der Waals surface area contributed by atoms with Gasteiger partial charge in [-0.25, -0.2) is 0 Å². The molecule has 0 amide bonds. The maximum Gasteiger partial charge on any atom is 0.127 e. The molecule has 2 aromatic rings. The van der Waals surface area contributed by atoms with E-state index in [-0.39, 0.29) is 12.1 Å². The third-order valence-electron chi connectivity index (χ3n) is 3.89. The van der Waals surface area contributed by atoms with Gasteiger partial charge in [0.15, 0.2) is 0 Å². The van der Waals surface area contributed by atoms with Gasteiger partial charge >= 0.3 is 0 Å². The second kappa shape index (κ2) is 8.34. The topological polar surface area (TPSA) is 50.7 Å². The lowest BCUT2D eigenvalue weighted by atomic mass is 10.0. The molecule has 0 saturated heterocycles. The molecular weight excluding hydrogens is 310 g/mol. The van der Waals surface area contributed by atoms with E-state index in [4.69, 9.17) is 9.47 Å². The summed E-state index contributed by atoms with van der Waals surface area (Å²) >= 11 is 1.59. The van der Waals surface area contributed by atoms with Crippen LogP contribution in [0.3, 0.4) is 0 Å². The second-order valence-corrected chi connectivity index (χ2v) is 6.64. The van der Waals surface area contributed by atoms with Gasteiger partial charge in [-0.1, -0.05) is 12.1 Å². The van der Waals surface area contributed by atoms with Crippen molar-refractivity contribution in [1.29, 1.82) is 0 Å². The number of aliphatic hydroxyl groups excluding tert-OH is 1. The monoisotopic (exact) mass is 335 g/mol. The maximum absolute atomic E-state index is 10.3. The van der Waals surface area contributed by atoms with E-state index in [9.17, 15) is 5.11 Å². The van der Waals surface area contributed by atoms with E-state index in [1.807, 2.05) is 35.7 Å². The molecule has 0 aliphatic rings. The van der Waals surface area contributed by atoms with Gasteiger partial charge in [-0.15, -0.1) is 11.3 Å². The number of benzene rings is 1. The number of hydrogen-bond acceptors (Lipinski definition) is 5. The van der Waals surface area contributed by atoms with Crippen molar-refractivity contribution in [3.63, 3.8) is 0 Å². The lowest BCUT2D eigenvalue weighted by molar-refractivity contribution is 0.155. The SMILES string of the molecule is COc1ccc(C(C)NC(C)CC(O)c2cccs2)c(OC)c1. The highest BCUT2D eigenvalue weighted by Crippen LogP contribution is 2.30. The lowest BCUT2D eigenvalue weighted by Gasteiger charge is -2.23. The van der Waals surface area contributed by atoms with Crippen LogP contribution in [0.15, 0.2) is 35.7 Å². The minimum Gasteiger partial charge on any atom is -0.497 e. The molecule has 1 heterocycles. The fraction of sp³-hybridized carbons (Fsp3) is 0.444. The Morgan fingerprint density at radius 1 is 1.17 bits per heavy atom. The molecular formula is C18H25NO3S. The molecule has 0 saturated carbocycles. The number of thiophene rings is 1. The summed E-state index contributed by atoms with van der Waals surface area (Å²) in [6, 6.07) is 10.1. The largest absolute Gasteiger partial charge is 0.497 e. The molecule has 0 spiro atoms. The van der Waals surface area contributed by atoms with Crippen LogP contribution >= 0.6 is 11.3 Å². The molecule has 1 aromatic heterocycles. The zero-order valence-corrected chi connectivity index (χ0v) is 14.9. The summed E-state index contributed by atoms with van der Waals surface area (Å²) in [6.45, 7) is 4.18. The van der Waals surface area contributed by atoms with Gasteiger partial charge in [0.1, 0.15) is 11.5 Å². The first-order valence-electron chi connectivity index (χ1n) is 7.74. The Hall–Kier alpha value is -1.56. The molecule has 2 N–H and O–H groups in total. The quantitative estimate of drug-likeness (QED) is 0.767. The summed E-state index contributed by atoms with van der Waals surface area (Å²) in [5.41, 5.74) is 1.07. The van der Waals surface area contributed by atoms with Crippen molar-refractivity contribution in [2.75, 3.05) is 14.2 Å². The van der Waals surface area contributed by atoms with Crippen molar-refractivity contribution in [2.45, 2.75) is 38.5 Å². The third kappa shape index (κ3) is 4.70. The average Bonchev–Trinajstić information content (AvgIpc) is 3.08. The molecule has 23 heavy (non-hydrogen) atoms. The predicted molar refractivity (Wildman–Crippen MR) is 94.5 cm³/mol.